The number of nitrogens with one attached hydrogen (secondary N) is 1. The van der Waals surface area contributed by atoms with Crippen LogP contribution in [0.3, 0.4) is 0 Å². The summed E-state index contributed by atoms with van der Waals surface area (Å²) in [6.45, 7) is 9.74. The smallest absolute Gasteiger partial charge is 0.407 e. The molecule has 0 aromatic rings. The van der Waals surface area contributed by atoms with E-state index in [4.69, 9.17) is 9.47 Å². The molecule has 0 saturated heterocycles. The van der Waals surface area contributed by atoms with E-state index in [1.807, 2.05) is 46.8 Å². The number of ether oxygens (including phenoxy) is 2. The average molecular weight is 241 g/mol. The zero-order valence-electron chi connectivity index (χ0n) is 11.6. The highest BCUT2D eigenvalue weighted by Gasteiger charge is 2.15. The van der Waals surface area contributed by atoms with E-state index in [-0.39, 0.29) is 0 Å². The standard InChI is InChI=1S/C13H23NO3/c1-7-11(16-6)8-10(2)9-14-12(15)17-13(3,4)5/h7-8H,9H2,1-6H3,(H,14,15)/b10-8+,11-7+. The van der Waals surface area contributed by atoms with Gasteiger partial charge in [-0.15, -0.1) is 0 Å². The van der Waals surface area contributed by atoms with Crippen LogP contribution in [0, 0.1) is 0 Å². The SMILES string of the molecule is C/C=C(\C=C(/C)CNC(=O)OC(C)(C)C)OC. The van der Waals surface area contributed by atoms with Gasteiger partial charge < -0.3 is 14.8 Å². The van der Waals surface area contributed by atoms with Crippen LogP contribution in [0.4, 0.5) is 4.79 Å². The van der Waals surface area contributed by atoms with Crippen molar-refractivity contribution in [3.8, 4) is 0 Å². The molecule has 0 bridgehead atoms. The van der Waals surface area contributed by atoms with E-state index < -0.39 is 11.7 Å². The number of carbonyl (C=O) groups excluding carboxylic acids is 1. The van der Waals surface area contributed by atoms with Crippen molar-refractivity contribution in [3.63, 3.8) is 0 Å². The van der Waals surface area contributed by atoms with E-state index in [1.54, 1.807) is 7.11 Å². The van der Waals surface area contributed by atoms with Crippen molar-refractivity contribution >= 4 is 6.09 Å². The summed E-state index contributed by atoms with van der Waals surface area (Å²) >= 11 is 0. The van der Waals surface area contributed by atoms with Crippen LogP contribution in [0.15, 0.2) is 23.5 Å². The number of hydrogen-bond donors (Lipinski definition) is 1. The molecule has 0 unspecified atom stereocenters. The van der Waals surface area contributed by atoms with Crippen LogP contribution >= 0.6 is 0 Å². The molecular formula is C13H23NO3. The Bertz CT molecular complexity index is 311. The number of allylic oxidation sites excluding steroid dienone is 2. The first kappa shape index (κ1) is 15.6. The molecule has 98 valence electrons. The first-order valence-electron chi connectivity index (χ1n) is 5.63. The maximum absolute atomic E-state index is 11.4. The zero-order valence-corrected chi connectivity index (χ0v) is 11.6. The monoisotopic (exact) mass is 241 g/mol. The van der Waals surface area contributed by atoms with Crippen LogP contribution in [-0.4, -0.2) is 25.3 Å². The van der Waals surface area contributed by atoms with Gasteiger partial charge in [-0.1, -0.05) is 5.57 Å². The van der Waals surface area contributed by atoms with Crippen molar-refractivity contribution < 1.29 is 14.3 Å². The Balaban J connectivity index is 4.17. The molecule has 0 radical (unpaired) electrons. The molecule has 0 heterocycles. The van der Waals surface area contributed by atoms with Crippen LogP contribution < -0.4 is 5.32 Å². The van der Waals surface area contributed by atoms with E-state index in [2.05, 4.69) is 5.32 Å². The zero-order chi connectivity index (χ0) is 13.5. The number of alkyl carbamates (subject to hydrolysis) is 1. The Morgan fingerprint density at radius 2 is 1.94 bits per heavy atom. The van der Waals surface area contributed by atoms with Crippen LogP contribution in [0.5, 0.6) is 0 Å². The number of methoxy groups -OCH3 is 1. The summed E-state index contributed by atoms with van der Waals surface area (Å²) < 4.78 is 10.2. The summed E-state index contributed by atoms with van der Waals surface area (Å²) in [5.74, 6) is 0.772. The molecule has 0 rings (SSSR count). The molecule has 17 heavy (non-hydrogen) atoms. The summed E-state index contributed by atoms with van der Waals surface area (Å²) in [6, 6.07) is 0. The van der Waals surface area contributed by atoms with Crippen molar-refractivity contribution in [2.45, 2.75) is 40.2 Å². The molecule has 1 N–H and O–H groups in total. The fourth-order valence-electron chi connectivity index (χ4n) is 1.08. The quantitative estimate of drug-likeness (QED) is 0.608. The number of amides is 1. The van der Waals surface area contributed by atoms with Crippen molar-refractivity contribution in [3.05, 3.63) is 23.5 Å². The molecule has 0 atom stereocenters. The van der Waals surface area contributed by atoms with E-state index in [1.165, 1.54) is 0 Å². The Morgan fingerprint density at radius 1 is 1.35 bits per heavy atom. The predicted octanol–water partition coefficient (Wildman–Crippen LogP) is 3.01. The second-order valence-corrected chi connectivity index (χ2v) is 4.74. The summed E-state index contributed by atoms with van der Waals surface area (Å²) in [5, 5.41) is 2.68. The third kappa shape index (κ3) is 8.37. The highest BCUT2D eigenvalue weighted by molar-refractivity contribution is 5.68. The van der Waals surface area contributed by atoms with Crippen molar-refractivity contribution in [1.29, 1.82) is 0 Å². The summed E-state index contributed by atoms with van der Waals surface area (Å²) in [4.78, 5) is 11.4. The number of hydrogen-bond acceptors (Lipinski definition) is 3. The lowest BCUT2D eigenvalue weighted by Crippen LogP contribution is -2.33. The first-order chi connectivity index (χ1) is 7.78. The molecule has 0 saturated carbocycles. The highest BCUT2D eigenvalue weighted by Crippen LogP contribution is 2.07. The van der Waals surface area contributed by atoms with Gasteiger partial charge in [0, 0.05) is 6.54 Å². The van der Waals surface area contributed by atoms with Crippen molar-refractivity contribution in [1.82, 2.24) is 5.32 Å². The maximum atomic E-state index is 11.4. The molecule has 4 heteroatoms. The highest BCUT2D eigenvalue weighted by atomic mass is 16.6. The maximum Gasteiger partial charge on any atom is 0.407 e. The van der Waals surface area contributed by atoms with Gasteiger partial charge >= 0.3 is 6.09 Å². The third-order valence-electron chi connectivity index (χ3n) is 1.82. The molecule has 0 aromatic heterocycles. The van der Waals surface area contributed by atoms with E-state index >= 15 is 0 Å². The van der Waals surface area contributed by atoms with Gasteiger partial charge in [0.15, 0.2) is 0 Å². The molecular weight excluding hydrogens is 218 g/mol. The molecule has 4 nitrogen and oxygen atoms in total. The fraction of sp³-hybridized carbons (Fsp3) is 0.615. The average Bonchev–Trinajstić information content (AvgIpc) is 2.20. The van der Waals surface area contributed by atoms with Gasteiger partial charge in [0.25, 0.3) is 0 Å². The lowest BCUT2D eigenvalue weighted by molar-refractivity contribution is 0.0532. The van der Waals surface area contributed by atoms with Crippen LogP contribution in [0.25, 0.3) is 0 Å². The molecule has 1 amide bonds. The molecule has 0 aliphatic rings. The van der Waals surface area contributed by atoms with Gasteiger partial charge in [0.1, 0.15) is 11.4 Å². The van der Waals surface area contributed by atoms with Gasteiger partial charge in [0.2, 0.25) is 0 Å². The Hall–Kier alpha value is -1.45. The molecule has 0 spiro atoms. The van der Waals surface area contributed by atoms with Crippen LogP contribution in [0.2, 0.25) is 0 Å². The van der Waals surface area contributed by atoms with Gasteiger partial charge in [-0.25, -0.2) is 4.79 Å². The topological polar surface area (TPSA) is 47.6 Å². The summed E-state index contributed by atoms with van der Waals surface area (Å²) in [6.07, 6.45) is 3.32. The number of rotatable bonds is 4. The Labute approximate surface area is 104 Å². The first-order valence-corrected chi connectivity index (χ1v) is 5.63. The molecule has 0 aliphatic carbocycles. The third-order valence-corrected chi connectivity index (χ3v) is 1.82. The minimum atomic E-state index is -0.470. The minimum Gasteiger partial charge on any atom is -0.497 e. The number of carbonyl (C=O) groups is 1. The van der Waals surface area contributed by atoms with Crippen LogP contribution in [-0.2, 0) is 9.47 Å². The van der Waals surface area contributed by atoms with Crippen molar-refractivity contribution in [2.75, 3.05) is 13.7 Å². The second kappa shape index (κ2) is 6.99. The summed E-state index contributed by atoms with van der Waals surface area (Å²) in [7, 11) is 1.61. The van der Waals surface area contributed by atoms with Gasteiger partial charge in [-0.2, -0.15) is 0 Å². The van der Waals surface area contributed by atoms with Crippen molar-refractivity contribution in [2.24, 2.45) is 0 Å². The summed E-state index contributed by atoms with van der Waals surface area (Å²) in [5.41, 5.74) is 0.522. The molecule has 0 aliphatic heterocycles. The van der Waals surface area contributed by atoms with E-state index in [0.29, 0.717) is 6.54 Å². The Morgan fingerprint density at radius 3 is 2.35 bits per heavy atom. The fourth-order valence-corrected chi connectivity index (χ4v) is 1.08. The van der Waals surface area contributed by atoms with Gasteiger partial charge in [-0.3, -0.25) is 0 Å². The minimum absolute atomic E-state index is 0.412. The predicted molar refractivity (Wildman–Crippen MR) is 68.8 cm³/mol. The second-order valence-electron chi connectivity index (χ2n) is 4.74. The van der Waals surface area contributed by atoms with E-state index in [0.717, 1.165) is 11.3 Å². The Kier molecular flexibility index (Phi) is 6.39. The molecule has 0 fully saturated rings. The lowest BCUT2D eigenvalue weighted by atomic mass is 10.2. The van der Waals surface area contributed by atoms with E-state index in [9.17, 15) is 4.79 Å². The van der Waals surface area contributed by atoms with Gasteiger partial charge in [0.05, 0.1) is 7.11 Å². The normalized spacial score (nSPS) is 13.3. The molecule has 0 aromatic carbocycles. The van der Waals surface area contributed by atoms with Crippen LogP contribution in [0.1, 0.15) is 34.6 Å². The lowest BCUT2D eigenvalue weighted by Gasteiger charge is -2.19. The largest absolute Gasteiger partial charge is 0.497 e. The van der Waals surface area contributed by atoms with Gasteiger partial charge in [-0.05, 0) is 46.8 Å².